The normalized spacial score (nSPS) is 14.5. The summed E-state index contributed by atoms with van der Waals surface area (Å²) in [5.41, 5.74) is 3.02. The predicted molar refractivity (Wildman–Crippen MR) is 95.5 cm³/mol. The molecule has 0 saturated carbocycles. The Kier molecular flexibility index (Phi) is 5.16. The second-order valence-electron chi connectivity index (χ2n) is 6.70. The summed E-state index contributed by atoms with van der Waals surface area (Å²) in [5.74, 6) is -4.58. The number of Topliss-reactive ketones (excluding diaryl/α,β-unsaturated/α-hetero) is 1. The van der Waals surface area contributed by atoms with E-state index < -0.39 is 18.3 Å². The lowest BCUT2D eigenvalue weighted by atomic mass is 9.99. The maximum Gasteiger partial charge on any atom is 0.328 e. The Morgan fingerprint density at radius 1 is 1.00 bits per heavy atom. The summed E-state index contributed by atoms with van der Waals surface area (Å²) in [7, 11) is 0. The summed E-state index contributed by atoms with van der Waals surface area (Å²) in [6.07, 6.45) is 0.398. The Balaban J connectivity index is 1.72. The fourth-order valence-electron chi connectivity index (χ4n) is 3.31. The standard InChI is InChI=1S/C21H21F2NO2/c1-15(25)18-8-7-17-9-11-24(12-10-19(17)13-18)20(26)21(22,23)14-16-5-3-2-4-6-16/h2-8,13H,9-12,14H2,1H3. The molecule has 5 heteroatoms. The molecule has 3 nitrogen and oxygen atoms in total. The van der Waals surface area contributed by atoms with Crippen molar-refractivity contribution in [2.45, 2.75) is 32.1 Å². The van der Waals surface area contributed by atoms with Gasteiger partial charge in [0, 0.05) is 25.1 Å². The molecule has 0 aromatic heterocycles. The Morgan fingerprint density at radius 2 is 1.65 bits per heavy atom. The molecule has 3 rings (SSSR count). The van der Waals surface area contributed by atoms with E-state index in [0.29, 0.717) is 24.0 Å². The molecule has 2 aromatic rings. The van der Waals surface area contributed by atoms with E-state index in [4.69, 9.17) is 0 Å². The smallest absolute Gasteiger partial charge is 0.328 e. The van der Waals surface area contributed by atoms with Gasteiger partial charge >= 0.3 is 5.92 Å². The van der Waals surface area contributed by atoms with Gasteiger partial charge in [-0.1, -0.05) is 42.5 Å². The second-order valence-corrected chi connectivity index (χ2v) is 6.70. The highest BCUT2D eigenvalue weighted by molar-refractivity contribution is 5.94. The number of halogens is 2. The molecule has 136 valence electrons. The van der Waals surface area contributed by atoms with Gasteiger partial charge in [-0.3, -0.25) is 9.59 Å². The van der Waals surface area contributed by atoms with Crippen molar-refractivity contribution in [1.82, 2.24) is 4.90 Å². The van der Waals surface area contributed by atoms with Crippen LogP contribution >= 0.6 is 0 Å². The van der Waals surface area contributed by atoms with Gasteiger partial charge in [-0.2, -0.15) is 8.78 Å². The van der Waals surface area contributed by atoms with E-state index in [-0.39, 0.29) is 18.9 Å². The number of benzene rings is 2. The van der Waals surface area contributed by atoms with Crippen LogP contribution in [0.4, 0.5) is 8.78 Å². The molecule has 0 radical (unpaired) electrons. The van der Waals surface area contributed by atoms with Crippen LogP contribution in [-0.4, -0.2) is 35.6 Å². The molecule has 0 fully saturated rings. The van der Waals surface area contributed by atoms with Crippen molar-refractivity contribution >= 4 is 11.7 Å². The van der Waals surface area contributed by atoms with Gasteiger partial charge in [0.1, 0.15) is 0 Å². The first kappa shape index (κ1) is 18.2. The molecule has 2 aromatic carbocycles. The molecule has 0 aliphatic carbocycles. The van der Waals surface area contributed by atoms with Crippen LogP contribution in [0, 0.1) is 0 Å². The molecule has 1 amide bonds. The highest BCUT2D eigenvalue weighted by atomic mass is 19.3. The Morgan fingerprint density at radius 3 is 2.31 bits per heavy atom. The van der Waals surface area contributed by atoms with Crippen molar-refractivity contribution in [2.24, 2.45) is 0 Å². The number of carbonyl (C=O) groups is 2. The van der Waals surface area contributed by atoms with Crippen LogP contribution in [0.5, 0.6) is 0 Å². The maximum atomic E-state index is 14.5. The number of alkyl halides is 2. The van der Waals surface area contributed by atoms with E-state index in [9.17, 15) is 18.4 Å². The highest BCUT2D eigenvalue weighted by Crippen LogP contribution is 2.25. The maximum absolute atomic E-state index is 14.5. The van der Waals surface area contributed by atoms with Gasteiger partial charge in [0.2, 0.25) is 0 Å². The minimum Gasteiger partial charge on any atom is -0.337 e. The fraction of sp³-hybridized carbons (Fsp3) is 0.333. The molecule has 0 saturated heterocycles. The largest absolute Gasteiger partial charge is 0.337 e. The highest BCUT2D eigenvalue weighted by Gasteiger charge is 2.42. The van der Waals surface area contributed by atoms with Gasteiger partial charge in [0.25, 0.3) is 5.91 Å². The minimum atomic E-state index is -3.43. The lowest BCUT2D eigenvalue weighted by molar-refractivity contribution is -0.157. The zero-order chi connectivity index (χ0) is 18.7. The molecule has 0 N–H and O–H groups in total. The first-order valence-corrected chi connectivity index (χ1v) is 8.71. The number of rotatable bonds is 4. The van der Waals surface area contributed by atoms with Gasteiger partial charge in [0.15, 0.2) is 5.78 Å². The molecule has 0 atom stereocenters. The lowest BCUT2D eigenvalue weighted by Gasteiger charge is -2.25. The number of carbonyl (C=O) groups excluding carboxylic acids is 2. The van der Waals surface area contributed by atoms with Crippen molar-refractivity contribution in [3.63, 3.8) is 0 Å². The number of hydrogen-bond donors (Lipinski definition) is 0. The van der Waals surface area contributed by atoms with Crippen molar-refractivity contribution in [1.29, 1.82) is 0 Å². The van der Waals surface area contributed by atoms with Crippen LogP contribution in [0.2, 0.25) is 0 Å². The van der Waals surface area contributed by atoms with E-state index in [2.05, 4.69) is 0 Å². The Labute approximate surface area is 151 Å². The van der Waals surface area contributed by atoms with Crippen LogP contribution < -0.4 is 0 Å². The topological polar surface area (TPSA) is 37.4 Å². The predicted octanol–water partition coefficient (Wildman–Crippen LogP) is 3.69. The van der Waals surface area contributed by atoms with Crippen LogP contribution in [-0.2, 0) is 24.1 Å². The first-order valence-electron chi connectivity index (χ1n) is 8.71. The first-order chi connectivity index (χ1) is 12.4. The van der Waals surface area contributed by atoms with E-state index in [1.54, 1.807) is 36.4 Å². The van der Waals surface area contributed by atoms with Crippen LogP contribution in [0.15, 0.2) is 48.5 Å². The van der Waals surface area contributed by atoms with Gasteiger partial charge in [-0.05, 0) is 42.5 Å². The molecule has 0 spiro atoms. The minimum absolute atomic E-state index is 0.0284. The number of amides is 1. The summed E-state index contributed by atoms with van der Waals surface area (Å²) >= 11 is 0. The Bertz CT molecular complexity index is 818. The number of ketones is 1. The SMILES string of the molecule is CC(=O)c1ccc2c(c1)CCN(C(=O)C(F)(F)Cc1ccccc1)CC2. The average Bonchev–Trinajstić information content (AvgIpc) is 2.83. The molecule has 0 bridgehead atoms. The van der Waals surface area contributed by atoms with Gasteiger partial charge < -0.3 is 4.90 Å². The summed E-state index contributed by atoms with van der Waals surface area (Å²) in [6.45, 7) is 1.99. The monoisotopic (exact) mass is 357 g/mol. The number of nitrogens with zero attached hydrogens (tertiary/aromatic N) is 1. The third-order valence-corrected chi connectivity index (χ3v) is 4.78. The van der Waals surface area contributed by atoms with Crippen LogP contribution in [0.25, 0.3) is 0 Å². The molecule has 1 aliphatic heterocycles. The zero-order valence-electron chi connectivity index (χ0n) is 14.7. The summed E-state index contributed by atoms with van der Waals surface area (Å²) < 4.78 is 29.0. The van der Waals surface area contributed by atoms with E-state index in [0.717, 1.165) is 11.1 Å². The molecule has 1 aliphatic rings. The van der Waals surface area contributed by atoms with Crippen molar-refractivity contribution in [3.05, 3.63) is 70.8 Å². The zero-order valence-corrected chi connectivity index (χ0v) is 14.7. The van der Waals surface area contributed by atoms with Gasteiger partial charge in [-0.15, -0.1) is 0 Å². The van der Waals surface area contributed by atoms with Crippen LogP contribution in [0.1, 0.15) is 34.0 Å². The van der Waals surface area contributed by atoms with Crippen molar-refractivity contribution in [3.8, 4) is 0 Å². The third-order valence-electron chi connectivity index (χ3n) is 4.78. The average molecular weight is 357 g/mol. The summed E-state index contributed by atoms with van der Waals surface area (Å²) in [5, 5.41) is 0. The summed E-state index contributed by atoms with van der Waals surface area (Å²) in [6, 6.07) is 13.8. The summed E-state index contributed by atoms with van der Waals surface area (Å²) in [4.78, 5) is 25.2. The third kappa shape index (κ3) is 3.98. The molecule has 26 heavy (non-hydrogen) atoms. The quantitative estimate of drug-likeness (QED) is 0.783. The van der Waals surface area contributed by atoms with Gasteiger partial charge in [0.05, 0.1) is 0 Å². The van der Waals surface area contributed by atoms with Crippen molar-refractivity contribution in [2.75, 3.05) is 13.1 Å². The molecule has 0 unspecified atom stereocenters. The van der Waals surface area contributed by atoms with E-state index in [1.807, 2.05) is 12.1 Å². The molecular weight excluding hydrogens is 336 g/mol. The van der Waals surface area contributed by atoms with E-state index >= 15 is 0 Å². The number of hydrogen-bond acceptors (Lipinski definition) is 2. The second kappa shape index (κ2) is 7.36. The number of fused-ring (bicyclic) bond motifs is 1. The lowest BCUT2D eigenvalue weighted by Crippen LogP contribution is -2.45. The fourth-order valence-corrected chi connectivity index (χ4v) is 3.31. The van der Waals surface area contributed by atoms with Crippen molar-refractivity contribution < 1.29 is 18.4 Å². The molecular formula is C21H21F2NO2. The Hall–Kier alpha value is -2.56. The molecule has 1 heterocycles. The van der Waals surface area contributed by atoms with Crippen LogP contribution in [0.3, 0.4) is 0 Å². The van der Waals surface area contributed by atoms with E-state index in [1.165, 1.54) is 11.8 Å². The van der Waals surface area contributed by atoms with Gasteiger partial charge in [-0.25, -0.2) is 0 Å².